The molecule has 0 aliphatic heterocycles. The number of aromatic nitrogens is 2. The fraction of sp³-hybridized carbons (Fsp3) is 0.538. The molecule has 92 valence electrons. The van der Waals surface area contributed by atoms with Crippen molar-refractivity contribution < 1.29 is 0 Å². The predicted octanol–water partition coefficient (Wildman–Crippen LogP) is 1.74. The van der Waals surface area contributed by atoms with E-state index in [1.54, 1.807) is 0 Å². The van der Waals surface area contributed by atoms with Crippen molar-refractivity contribution in [2.75, 3.05) is 18.0 Å². The standard InChI is InChI=1S/C13H20N4/c1-3-7-17(12-5-6-12)13-10-15-9-11(16-13)8-14-4-2/h3,9-10,12,14H,1,4-8H2,2H3. The summed E-state index contributed by atoms with van der Waals surface area (Å²) in [4.78, 5) is 11.2. The first-order chi connectivity index (χ1) is 8.35. The Balaban J connectivity index is 2.09. The predicted molar refractivity (Wildman–Crippen MR) is 70.0 cm³/mol. The molecule has 4 heteroatoms. The quantitative estimate of drug-likeness (QED) is 0.727. The van der Waals surface area contributed by atoms with E-state index >= 15 is 0 Å². The van der Waals surface area contributed by atoms with Crippen LogP contribution in [0.3, 0.4) is 0 Å². The summed E-state index contributed by atoms with van der Waals surface area (Å²) in [5.74, 6) is 0.975. The van der Waals surface area contributed by atoms with E-state index in [0.717, 1.165) is 31.1 Å². The van der Waals surface area contributed by atoms with Gasteiger partial charge in [-0.05, 0) is 19.4 Å². The van der Waals surface area contributed by atoms with Crippen molar-refractivity contribution in [2.24, 2.45) is 0 Å². The van der Waals surface area contributed by atoms with E-state index in [2.05, 4.69) is 33.7 Å². The van der Waals surface area contributed by atoms with Gasteiger partial charge in [-0.2, -0.15) is 0 Å². The Morgan fingerprint density at radius 3 is 3.00 bits per heavy atom. The molecule has 0 atom stereocenters. The summed E-state index contributed by atoms with van der Waals surface area (Å²) in [6.45, 7) is 8.48. The summed E-state index contributed by atoms with van der Waals surface area (Å²) in [5, 5.41) is 3.27. The highest BCUT2D eigenvalue weighted by Gasteiger charge is 2.29. The molecular formula is C13H20N4. The van der Waals surface area contributed by atoms with E-state index in [1.165, 1.54) is 12.8 Å². The molecule has 0 radical (unpaired) electrons. The molecule has 0 aromatic carbocycles. The summed E-state index contributed by atoms with van der Waals surface area (Å²) in [6.07, 6.45) is 8.11. The van der Waals surface area contributed by atoms with Gasteiger partial charge < -0.3 is 10.2 Å². The Morgan fingerprint density at radius 1 is 1.53 bits per heavy atom. The van der Waals surface area contributed by atoms with Crippen molar-refractivity contribution in [2.45, 2.75) is 32.4 Å². The van der Waals surface area contributed by atoms with Gasteiger partial charge in [0.1, 0.15) is 5.82 Å². The molecular weight excluding hydrogens is 212 g/mol. The van der Waals surface area contributed by atoms with Crippen LogP contribution in [0.1, 0.15) is 25.5 Å². The maximum absolute atomic E-state index is 4.64. The van der Waals surface area contributed by atoms with E-state index < -0.39 is 0 Å². The van der Waals surface area contributed by atoms with Crippen LogP contribution in [-0.2, 0) is 6.54 Å². The highest BCUT2D eigenvalue weighted by molar-refractivity contribution is 5.40. The maximum atomic E-state index is 4.64. The molecule has 1 aliphatic carbocycles. The monoisotopic (exact) mass is 232 g/mol. The summed E-state index contributed by atoms with van der Waals surface area (Å²) in [7, 11) is 0. The van der Waals surface area contributed by atoms with Gasteiger partial charge >= 0.3 is 0 Å². The molecule has 0 bridgehead atoms. The molecule has 1 aromatic rings. The molecule has 0 saturated heterocycles. The van der Waals surface area contributed by atoms with Crippen LogP contribution in [-0.4, -0.2) is 29.1 Å². The van der Waals surface area contributed by atoms with Gasteiger partial charge in [-0.1, -0.05) is 13.0 Å². The van der Waals surface area contributed by atoms with Crippen LogP contribution < -0.4 is 10.2 Å². The van der Waals surface area contributed by atoms with Crippen molar-refractivity contribution in [3.63, 3.8) is 0 Å². The fourth-order valence-electron chi connectivity index (χ4n) is 1.83. The molecule has 17 heavy (non-hydrogen) atoms. The Bertz CT molecular complexity index is 373. The van der Waals surface area contributed by atoms with Crippen molar-refractivity contribution in [3.05, 3.63) is 30.7 Å². The van der Waals surface area contributed by atoms with Crippen molar-refractivity contribution in [1.29, 1.82) is 0 Å². The number of nitrogens with zero attached hydrogens (tertiary/aromatic N) is 3. The third kappa shape index (κ3) is 3.27. The molecule has 0 unspecified atom stereocenters. The summed E-state index contributed by atoms with van der Waals surface area (Å²) in [5.41, 5.74) is 0.999. The molecule has 2 rings (SSSR count). The van der Waals surface area contributed by atoms with Gasteiger partial charge in [-0.25, -0.2) is 4.98 Å². The van der Waals surface area contributed by atoms with Crippen molar-refractivity contribution >= 4 is 5.82 Å². The minimum absolute atomic E-state index is 0.636. The Labute approximate surface area is 103 Å². The molecule has 0 amide bonds. The zero-order chi connectivity index (χ0) is 12.1. The summed E-state index contributed by atoms with van der Waals surface area (Å²) >= 11 is 0. The van der Waals surface area contributed by atoms with Crippen molar-refractivity contribution in [3.8, 4) is 0 Å². The van der Waals surface area contributed by atoms with Gasteiger partial charge in [0.25, 0.3) is 0 Å². The van der Waals surface area contributed by atoms with Gasteiger partial charge in [-0.15, -0.1) is 6.58 Å². The molecule has 1 fully saturated rings. The van der Waals surface area contributed by atoms with E-state index in [9.17, 15) is 0 Å². The Hall–Kier alpha value is -1.42. The molecule has 1 saturated carbocycles. The average molecular weight is 232 g/mol. The SMILES string of the molecule is C=CCN(c1cncc(CNCC)n1)C1CC1. The zero-order valence-electron chi connectivity index (χ0n) is 10.4. The molecule has 1 heterocycles. The topological polar surface area (TPSA) is 41.1 Å². The first-order valence-corrected chi connectivity index (χ1v) is 6.24. The number of rotatable bonds is 7. The molecule has 1 aliphatic rings. The highest BCUT2D eigenvalue weighted by atomic mass is 15.2. The van der Waals surface area contributed by atoms with Crippen LogP contribution in [0.5, 0.6) is 0 Å². The lowest BCUT2D eigenvalue weighted by Gasteiger charge is -2.21. The van der Waals surface area contributed by atoms with E-state index in [0.29, 0.717) is 6.04 Å². The Kier molecular flexibility index (Phi) is 4.09. The third-order valence-electron chi connectivity index (χ3n) is 2.84. The minimum atomic E-state index is 0.636. The Morgan fingerprint density at radius 2 is 2.35 bits per heavy atom. The first kappa shape index (κ1) is 12.0. The first-order valence-electron chi connectivity index (χ1n) is 6.24. The van der Waals surface area contributed by atoms with Gasteiger partial charge in [0.05, 0.1) is 11.9 Å². The normalized spacial score (nSPS) is 14.6. The van der Waals surface area contributed by atoms with Gasteiger partial charge in [-0.3, -0.25) is 4.98 Å². The van der Waals surface area contributed by atoms with Crippen LogP contribution in [0, 0.1) is 0 Å². The third-order valence-corrected chi connectivity index (χ3v) is 2.84. The molecule has 1 N–H and O–H groups in total. The van der Waals surface area contributed by atoms with Crippen LogP contribution in [0.25, 0.3) is 0 Å². The van der Waals surface area contributed by atoms with Gasteiger partial charge in [0, 0.05) is 25.3 Å². The second-order valence-corrected chi connectivity index (χ2v) is 4.32. The van der Waals surface area contributed by atoms with E-state index in [-0.39, 0.29) is 0 Å². The lowest BCUT2D eigenvalue weighted by Crippen LogP contribution is -2.27. The van der Waals surface area contributed by atoms with Crippen LogP contribution in [0.2, 0.25) is 0 Å². The van der Waals surface area contributed by atoms with Crippen molar-refractivity contribution in [1.82, 2.24) is 15.3 Å². The van der Waals surface area contributed by atoms with E-state index in [4.69, 9.17) is 0 Å². The second-order valence-electron chi connectivity index (χ2n) is 4.32. The smallest absolute Gasteiger partial charge is 0.147 e. The molecule has 4 nitrogen and oxygen atoms in total. The number of hydrogen-bond acceptors (Lipinski definition) is 4. The van der Waals surface area contributed by atoms with Crippen LogP contribution >= 0.6 is 0 Å². The van der Waals surface area contributed by atoms with Gasteiger partial charge in [0.2, 0.25) is 0 Å². The van der Waals surface area contributed by atoms with Crippen LogP contribution in [0.15, 0.2) is 25.0 Å². The average Bonchev–Trinajstić information content (AvgIpc) is 3.18. The second kappa shape index (κ2) is 5.77. The molecule has 1 aromatic heterocycles. The lowest BCUT2D eigenvalue weighted by molar-refractivity contribution is 0.702. The summed E-state index contributed by atoms with van der Waals surface area (Å²) in [6, 6.07) is 0.636. The largest absolute Gasteiger partial charge is 0.349 e. The number of nitrogens with one attached hydrogen (secondary N) is 1. The van der Waals surface area contributed by atoms with Crippen LogP contribution in [0.4, 0.5) is 5.82 Å². The number of hydrogen-bond donors (Lipinski definition) is 1. The fourth-order valence-corrected chi connectivity index (χ4v) is 1.83. The lowest BCUT2D eigenvalue weighted by atomic mass is 10.4. The zero-order valence-corrected chi connectivity index (χ0v) is 10.4. The molecule has 0 spiro atoms. The minimum Gasteiger partial charge on any atom is -0.349 e. The number of anilines is 1. The highest BCUT2D eigenvalue weighted by Crippen LogP contribution is 2.30. The maximum Gasteiger partial charge on any atom is 0.147 e. The van der Waals surface area contributed by atoms with E-state index in [1.807, 2.05) is 18.5 Å². The van der Waals surface area contributed by atoms with Gasteiger partial charge in [0.15, 0.2) is 0 Å². The summed E-state index contributed by atoms with van der Waals surface area (Å²) < 4.78 is 0.